The monoisotopic (exact) mass is 500 g/mol. The maximum absolute atomic E-state index is 12.3. The molecule has 3 fully saturated rings. The van der Waals surface area contributed by atoms with E-state index < -0.39 is 5.97 Å². The van der Waals surface area contributed by atoms with Crippen LogP contribution in [0.2, 0.25) is 0 Å². The third kappa shape index (κ3) is 5.17. The quantitative estimate of drug-likeness (QED) is 0.257. The van der Waals surface area contributed by atoms with Crippen LogP contribution in [0.25, 0.3) is 0 Å². The average molecular weight is 501 g/mol. The molecule has 36 heavy (non-hydrogen) atoms. The number of carbonyl (C=O) groups is 2. The van der Waals surface area contributed by atoms with Gasteiger partial charge in [-0.3, -0.25) is 9.59 Å². The molecule has 0 aromatic rings. The second kappa shape index (κ2) is 10.8. The fraction of sp³-hybridized carbons (Fsp3) is 0.875. The molecule has 0 heterocycles. The topological polar surface area (TPSA) is 63.6 Å². The molecule has 1 N–H and O–H groups in total. The number of esters is 1. The zero-order valence-electron chi connectivity index (χ0n) is 23.9. The fourth-order valence-corrected chi connectivity index (χ4v) is 9.56. The molecule has 3 saturated carbocycles. The van der Waals surface area contributed by atoms with Gasteiger partial charge in [0.05, 0.1) is 12.8 Å². The van der Waals surface area contributed by atoms with Crippen molar-refractivity contribution in [2.24, 2.45) is 52.3 Å². The van der Waals surface area contributed by atoms with Gasteiger partial charge in [-0.15, -0.1) is 0 Å². The second-order valence-corrected chi connectivity index (χ2v) is 14.0. The Kier molecular flexibility index (Phi) is 8.32. The second-order valence-electron chi connectivity index (χ2n) is 14.0. The number of fused-ring (bicyclic) bond motifs is 5. The average Bonchev–Trinajstić information content (AvgIpc) is 3.16. The molecule has 0 bridgehead atoms. The van der Waals surface area contributed by atoms with E-state index in [1.807, 2.05) is 0 Å². The molecule has 0 aromatic heterocycles. The fourth-order valence-electron chi connectivity index (χ4n) is 9.56. The first-order chi connectivity index (χ1) is 17.0. The molecule has 204 valence electrons. The Morgan fingerprint density at radius 1 is 1.00 bits per heavy atom. The Hall–Kier alpha value is -1.32. The minimum absolute atomic E-state index is 0.0233. The highest BCUT2D eigenvalue weighted by Crippen LogP contribution is 2.67. The van der Waals surface area contributed by atoms with E-state index in [-0.39, 0.29) is 30.3 Å². The van der Waals surface area contributed by atoms with Crippen LogP contribution in [0.1, 0.15) is 119 Å². The number of carboxylic acid groups (broad SMARTS) is 1. The van der Waals surface area contributed by atoms with Crippen molar-refractivity contribution < 1.29 is 19.4 Å². The number of hydrogen-bond donors (Lipinski definition) is 1. The highest BCUT2D eigenvalue weighted by Gasteiger charge is 2.59. The Labute approximate surface area is 220 Å². The van der Waals surface area contributed by atoms with E-state index in [0.29, 0.717) is 23.2 Å². The van der Waals surface area contributed by atoms with Crippen molar-refractivity contribution >= 4 is 11.9 Å². The number of carboxylic acids is 1. The molecule has 0 saturated heterocycles. The number of allylic oxidation sites excluding steroid dienone is 2. The zero-order chi connectivity index (χ0) is 26.3. The molecule has 9 atom stereocenters. The van der Waals surface area contributed by atoms with Gasteiger partial charge < -0.3 is 9.84 Å². The number of hydrogen-bond acceptors (Lipinski definition) is 3. The molecule has 0 spiro atoms. The highest BCUT2D eigenvalue weighted by atomic mass is 16.5. The van der Waals surface area contributed by atoms with E-state index in [9.17, 15) is 9.59 Å². The lowest BCUT2D eigenvalue weighted by Crippen LogP contribution is -2.53. The normalized spacial score (nSPS) is 40.6. The number of rotatable bonds is 9. The van der Waals surface area contributed by atoms with E-state index in [2.05, 4.69) is 47.6 Å². The molecule has 0 amide bonds. The van der Waals surface area contributed by atoms with E-state index >= 15 is 0 Å². The molecule has 4 nitrogen and oxygen atoms in total. The van der Waals surface area contributed by atoms with Crippen LogP contribution in [-0.4, -0.2) is 23.1 Å². The largest absolute Gasteiger partial charge is 0.481 e. The number of ether oxygens (including phenoxy) is 1. The van der Waals surface area contributed by atoms with Crippen molar-refractivity contribution in [1.82, 2.24) is 0 Å². The van der Waals surface area contributed by atoms with Gasteiger partial charge in [-0.1, -0.05) is 72.5 Å². The van der Waals surface area contributed by atoms with E-state index in [1.54, 1.807) is 5.57 Å². The SMILES string of the molecule is CC(C)CCC[C@@H](C)[C@H]1CC[C@H]2C3=CC[C@H]4[C@H](C)[C@@H](OC(=O)CCC(=O)O)CC[C@]4(C)[C@H]3CC[C@]12C. The molecule has 4 aliphatic carbocycles. The van der Waals surface area contributed by atoms with Gasteiger partial charge in [0.2, 0.25) is 0 Å². The Morgan fingerprint density at radius 3 is 2.39 bits per heavy atom. The minimum Gasteiger partial charge on any atom is -0.481 e. The van der Waals surface area contributed by atoms with Crippen molar-refractivity contribution in [2.75, 3.05) is 0 Å². The number of aliphatic carboxylic acids is 1. The van der Waals surface area contributed by atoms with Crippen molar-refractivity contribution in [2.45, 2.75) is 125 Å². The summed E-state index contributed by atoms with van der Waals surface area (Å²) < 4.78 is 5.83. The van der Waals surface area contributed by atoms with E-state index in [4.69, 9.17) is 9.84 Å². The summed E-state index contributed by atoms with van der Waals surface area (Å²) in [6, 6.07) is 0. The van der Waals surface area contributed by atoms with Crippen molar-refractivity contribution in [1.29, 1.82) is 0 Å². The smallest absolute Gasteiger partial charge is 0.306 e. The van der Waals surface area contributed by atoms with Crippen LogP contribution in [0.15, 0.2) is 11.6 Å². The Bertz CT molecular complexity index is 845. The van der Waals surface area contributed by atoms with Crippen LogP contribution in [-0.2, 0) is 14.3 Å². The van der Waals surface area contributed by atoms with Gasteiger partial charge in [0, 0.05) is 0 Å². The summed E-state index contributed by atoms with van der Waals surface area (Å²) in [6.45, 7) is 14.7. The predicted molar refractivity (Wildman–Crippen MR) is 144 cm³/mol. The van der Waals surface area contributed by atoms with Crippen molar-refractivity contribution in [3.05, 3.63) is 11.6 Å². The maximum Gasteiger partial charge on any atom is 0.306 e. The minimum atomic E-state index is -0.940. The maximum atomic E-state index is 12.3. The molecule has 0 aromatic carbocycles. The highest BCUT2D eigenvalue weighted by molar-refractivity contribution is 5.76. The van der Waals surface area contributed by atoms with Gasteiger partial charge in [0.1, 0.15) is 6.10 Å². The third-order valence-corrected chi connectivity index (χ3v) is 11.6. The molecule has 0 unspecified atom stereocenters. The molecule has 4 heteroatoms. The summed E-state index contributed by atoms with van der Waals surface area (Å²) in [7, 11) is 0. The zero-order valence-corrected chi connectivity index (χ0v) is 23.9. The summed E-state index contributed by atoms with van der Waals surface area (Å²) in [4.78, 5) is 23.1. The van der Waals surface area contributed by atoms with Gasteiger partial charge >= 0.3 is 11.9 Å². The number of carbonyl (C=O) groups excluding carboxylic acids is 1. The predicted octanol–water partition coefficient (Wildman–Crippen LogP) is 8.05. The Morgan fingerprint density at radius 2 is 1.69 bits per heavy atom. The van der Waals surface area contributed by atoms with Crippen LogP contribution in [0, 0.1) is 52.3 Å². The van der Waals surface area contributed by atoms with Gasteiger partial charge in [0.25, 0.3) is 0 Å². The standard InChI is InChI=1S/C32H52O4/c1-20(2)8-7-9-21(3)24-12-13-26-23-10-11-25-22(4)28(36-30(35)15-14-29(33)34)17-19-32(25,6)27(23)16-18-31(24,26)5/h10,20-22,24-28H,7-9,11-19H2,1-6H3,(H,33,34)/t21-,22+,24-,25+,26+,27+,28+,31-,32+/m1/s1. The summed E-state index contributed by atoms with van der Waals surface area (Å²) >= 11 is 0. The lowest BCUT2D eigenvalue weighted by molar-refractivity contribution is -0.163. The Balaban J connectivity index is 1.44. The van der Waals surface area contributed by atoms with E-state index in [1.165, 1.54) is 44.9 Å². The summed E-state index contributed by atoms with van der Waals surface area (Å²) in [6.07, 6.45) is 15.1. The summed E-state index contributed by atoms with van der Waals surface area (Å²) in [5.41, 5.74) is 2.55. The van der Waals surface area contributed by atoms with Crippen LogP contribution in [0.5, 0.6) is 0 Å². The molecule has 4 aliphatic rings. The molecule has 0 aliphatic heterocycles. The van der Waals surface area contributed by atoms with Crippen LogP contribution >= 0.6 is 0 Å². The first-order valence-electron chi connectivity index (χ1n) is 15.1. The van der Waals surface area contributed by atoms with Gasteiger partial charge in [-0.25, -0.2) is 0 Å². The summed E-state index contributed by atoms with van der Waals surface area (Å²) in [5, 5.41) is 8.89. The lowest BCUT2D eigenvalue weighted by Gasteiger charge is -2.59. The molecular weight excluding hydrogens is 448 g/mol. The van der Waals surface area contributed by atoms with Crippen molar-refractivity contribution in [3.8, 4) is 0 Å². The molecular formula is C32H52O4. The van der Waals surface area contributed by atoms with Crippen LogP contribution in [0.3, 0.4) is 0 Å². The van der Waals surface area contributed by atoms with Crippen LogP contribution in [0.4, 0.5) is 0 Å². The first-order valence-corrected chi connectivity index (χ1v) is 15.1. The van der Waals surface area contributed by atoms with Crippen LogP contribution < -0.4 is 0 Å². The van der Waals surface area contributed by atoms with Gasteiger partial charge in [-0.05, 0) is 97.2 Å². The lowest BCUT2D eigenvalue weighted by atomic mass is 9.46. The molecule has 0 radical (unpaired) electrons. The van der Waals surface area contributed by atoms with Gasteiger partial charge in [0.15, 0.2) is 0 Å². The first kappa shape index (κ1) is 27.7. The summed E-state index contributed by atoms with van der Waals surface area (Å²) in [5.74, 6) is 3.50. The van der Waals surface area contributed by atoms with E-state index in [0.717, 1.165) is 42.9 Å². The van der Waals surface area contributed by atoms with Crippen molar-refractivity contribution in [3.63, 3.8) is 0 Å². The molecule has 4 rings (SSSR count). The third-order valence-electron chi connectivity index (χ3n) is 11.6. The van der Waals surface area contributed by atoms with Gasteiger partial charge in [-0.2, -0.15) is 0 Å².